The summed E-state index contributed by atoms with van der Waals surface area (Å²) in [5.41, 5.74) is 2.46. The number of hydrogen-bond donors (Lipinski definition) is 1. The Bertz CT molecular complexity index is 398. The molecule has 1 aliphatic heterocycles. The number of nitrogens with one attached hydrogen (secondary N) is 1. The van der Waals surface area contributed by atoms with Crippen LogP contribution in [0.2, 0.25) is 0 Å². The Balaban J connectivity index is 1.81. The monoisotopic (exact) mass is 276 g/mol. The van der Waals surface area contributed by atoms with Gasteiger partial charge in [0.15, 0.2) is 0 Å². The molecule has 1 fully saturated rings. The molecule has 112 valence electrons. The van der Waals surface area contributed by atoms with Gasteiger partial charge in [0.1, 0.15) is 0 Å². The van der Waals surface area contributed by atoms with E-state index in [-0.39, 0.29) is 0 Å². The molecular weight excluding hydrogens is 248 g/mol. The lowest BCUT2D eigenvalue weighted by atomic mass is 10.0. The summed E-state index contributed by atoms with van der Waals surface area (Å²) < 4.78 is 5.19. The highest BCUT2D eigenvalue weighted by Gasteiger charge is 2.19. The van der Waals surface area contributed by atoms with Crippen LogP contribution in [0.5, 0.6) is 0 Å². The van der Waals surface area contributed by atoms with E-state index in [1.165, 1.54) is 43.7 Å². The fraction of sp³-hybridized carbons (Fsp3) is 0.647. The molecule has 0 saturated carbocycles. The highest BCUT2D eigenvalue weighted by Crippen LogP contribution is 2.18. The molecule has 0 aromatic heterocycles. The second-order valence-electron chi connectivity index (χ2n) is 6.25. The average molecular weight is 276 g/mol. The quantitative estimate of drug-likeness (QED) is 0.862. The molecule has 0 atom stereocenters. The van der Waals surface area contributed by atoms with E-state index in [1.54, 1.807) is 7.11 Å². The molecule has 0 radical (unpaired) electrons. The molecule has 1 aliphatic rings. The van der Waals surface area contributed by atoms with Gasteiger partial charge in [0.25, 0.3) is 0 Å². The number of ether oxygens (including phenoxy) is 1. The largest absolute Gasteiger partial charge is 0.382 e. The molecule has 1 N–H and O–H groups in total. The molecule has 0 aliphatic carbocycles. The van der Waals surface area contributed by atoms with Crippen molar-refractivity contribution in [3.63, 3.8) is 0 Å². The Morgan fingerprint density at radius 2 is 2.05 bits per heavy atom. The van der Waals surface area contributed by atoms with E-state index in [0.29, 0.717) is 12.6 Å². The second-order valence-corrected chi connectivity index (χ2v) is 6.25. The fourth-order valence-corrected chi connectivity index (χ4v) is 2.93. The van der Waals surface area contributed by atoms with Gasteiger partial charge < -0.3 is 15.0 Å². The summed E-state index contributed by atoms with van der Waals surface area (Å²) in [6.45, 7) is 8.94. The van der Waals surface area contributed by atoms with Crippen LogP contribution >= 0.6 is 0 Å². The second kappa shape index (κ2) is 7.65. The third-order valence-electron chi connectivity index (χ3n) is 3.82. The molecule has 0 amide bonds. The van der Waals surface area contributed by atoms with Crippen molar-refractivity contribution in [3.8, 4) is 0 Å². The number of nitrogens with zero attached hydrogens (tertiary/aromatic N) is 1. The lowest BCUT2D eigenvalue weighted by Gasteiger charge is -2.33. The minimum atomic E-state index is 0.608. The molecule has 3 nitrogen and oxygen atoms in total. The fourth-order valence-electron chi connectivity index (χ4n) is 2.93. The molecule has 0 spiro atoms. The van der Waals surface area contributed by atoms with E-state index < -0.39 is 0 Å². The number of rotatable bonds is 6. The van der Waals surface area contributed by atoms with Crippen molar-refractivity contribution in [1.82, 2.24) is 4.90 Å². The van der Waals surface area contributed by atoms with Crippen LogP contribution in [-0.2, 0) is 11.3 Å². The summed E-state index contributed by atoms with van der Waals surface area (Å²) in [4.78, 5) is 2.59. The van der Waals surface area contributed by atoms with Crippen LogP contribution in [0, 0.1) is 5.92 Å². The van der Waals surface area contributed by atoms with E-state index in [9.17, 15) is 0 Å². The summed E-state index contributed by atoms with van der Waals surface area (Å²) in [6, 6.07) is 9.17. The van der Waals surface area contributed by atoms with Gasteiger partial charge in [-0.05, 0) is 36.5 Å². The van der Waals surface area contributed by atoms with Crippen molar-refractivity contribution >= 4 is 5.69 Å². The van der Waals surface area contributed by atoms with Gasteiger partial charge >= 0.3 is 0 Å². The van der Waals surface area contributed by atoms with Crippen molar-refractivity contribution in [2.24, 2.45) is 5.92 Å². The minimum Gasteiger partial charge on any atom is -0.382 e. The lowest BCUT2D eigenvalue weighted by Crippen LogP contribution is -2.40. The lowest BCUT2D eigenvalue weighted by molar-refractivity contribution is 0.185. The van der Waals surface area contributed by atoms with Crippen LogP contribution in [-0.4, -0.2) is 37.7 Å². The van der Waals surface area contributed by atoms with Gasteiger partial charge in [-0.1, -0.05) is 26.0 Å². The Hall–Kier alpha value is -1.06. The van der Waals surface area contributed by atoms with Crippen LogP contribution in [0.25, 0.3) is 0 Å². The van der Waals surface area contributed by atoms with Crippen LogP contribution in [0.4, 0.5) is 5.69 Å². The third kappa shape index (κ3) is 4.80. The smallest absolute Gasteiger partial charge is 0.0713 e. The van der Waals surface area contributed by atoms with Crippen LogP contribution < -0.4 is 5.32 Å². The zero-order valence-electron chi connectivity index (χ0n) is 13.1. The summed E-state index contributed by atoms with van der Waals surface area (Å²) >= 11 is 0. The van der Waals surface area contributed by atoms with Crippen molar-refractivity contribution in [1.29, 1.82) is 0 Å². The highest BCUT2D eigenvalue weighted by atomic mass is 16.5. The van der Waals surface area contributed by atoms with Crippen molar-refractivity contribution in [2.75, 3.05) is 32.1 Å². The summed E-state index contributed by atoms with van der Waals surface area (Å²) in [7, 11) is 1.74. The molecule has 2 rings (SSSR count). The molecule has 20 heavy (non-hydrogen) atoms. The average Bonchev–Trinajstić information content (AvgIpc) is 2.41. The van der Waals surface area contributed by atoms with E-state index in [0.717, 1.165) is 5.92 Å². The molecule has 3 heteroatoms. The van der Waals surface area contributed by atoms with Crippen LogP contribution in [0.3, 0.4) is 0 Å². The number of likely N-dealkylation sites (tertiary alicyclic amines) is 1. The Kier molecular flexibility index (Phi) is 5.86. The maximum atomic E-state index is 5.19. The molecule has 0 bridgehead atoms. The zero-order valence-corrected chi connectivity index (χ0v) is 13.1. The maximum Gasteiger partial charge on any atom is 0.0713 e. The normalized spacial score (nSPS) is 17.6. The zero-order chi connectivity index (χ0) is 14.4. The predicted molar refractivity (Wildman–Crippen MR) is 85.1 cm³/mol. The van der Waals surface area contributed by atoms with E-state index in [4.69, 9.17) is 4.74 Å². The molecule has 0 unspecified atom stereocenters. The minimum absolute atomic E-state index is 0.608. The third-order valence-corrected chi connectivity index (χ3v) is 3.82. The number of anilines is 1. The number of piperidine rings is 1. The number of methoxy groups -OCH3 is 1. The van der Waals surface area contributed by atoms with E-state index in [1.807, 2.05) is 0 Å². The van der Waals surface area contributed by atoms with Gasteiger partial charge in [-0.2, -0.15) is 0 Å². The maximum absolute atomic E-state index is 5.19. The Morgan fingerprint density at radius 3 is 2.70 bits per heavy atom. The molecule has 1 aromatic carbocycles. The molecular formula is C17H28N2O. The molecule has 1 heterocycles. The van der Waals surface area contributed by atoms with Crippen molar-refractivity contribution in [2.45, 2.75) is 39.3 Å². The Labute approximate surface area is 123 Å². The van der Waals surface area contributed by atoms with Crippen LogP contribution in [0.15, 0.2) is 24.3 Å². The summed E-state index contributed by atoms with van der Waals surface area (Å²) in [5.74, 6) is 0.769. The summed E-state index contributed by atoms with van der Waals surface area (Å²) in [6.07, 6.45) is 2.47. The standard InChI is InChI=1S/C17H28N2O/c1-14(2)12-19-9-7-16(8-10-19)18-17-6-4-5-15(11-17)13-20-3/h4-6,11,14,16,18H,7-10,12-13H2,1-3H3. The van der Waals surface area contributed by atoms with E-state index >= 15 is 0 Å². The van der Waals surface area contributed by atoms with E-state index in [2.05, 4.69) is 48.3 Å². The summed E-state index contributed by atoms with van der Waals surface area (Å²) in [5, 5.41) is 3.67. The predicted octanol–water partition coefficient (Wildman–Crippen LogP) is 3.37. The molecule has 1 saturated heterocycles. The van der Waals surface area contributed by atoms with Gasteiger partial charge in [-0.3, -0.25) is 0 Å². The number of benzene rings is 1. The first-order chi connectivity index (χ1) is 9.67. The highest BCUT2D eigenvalue weighted by molar-refractivity contribution is 5.46. The van der Waals surface area contributed by atoms with Crippen molar-refractivity contribution in [3.05, 3.63) is 29.8 Å². The topological polar surface area (TPSA) is 24.5 Å². The first kappa shape index (κ1) is 15.3. The van der Waals surface area contributed by atoms with Gasteiger partial charge in [0, 0.05) is 38.5 Å². The number of hydrogen-bond acceptors (Lipinski definition) is 3. The first-order valence-corrected chi connectivity index (χ1v) is 7.74. The van der Waals surface area contributed by atoms with Gasteiger partial charge in [0.05, 0.1) is 6.61 Å². The molecule has 1 aromatic rings. The SMILES string of the molecule is COCc1cccc(NC2CCN(CC(C)C)CC2)c1. The van der Waals surface area contributed by atoms with Gasteiger partial charge in [-0.25, -0.2) is 0 Å². The van der Waals surface area contributed by atoms with Crippen LogP contribution in [0.1, 0.15) is 32.3 Å². The first-order valence-electron chi connectivity index (χ1n) is 7.74. The van der Waals surface area contributed by atoms with Gasteiger partial charge in [-0.15, -0.1) is 0 Å². The van der Waals surface area contributed by atoms with Crippen molar-refractivity contribution < 1.29 is 4.74 Å². The Morgan fingerprint density at radius 1 is 1.30 bits per heavy atom. The van der Waals surface area contributed by atoms with Gasteiger partial charge in [0.2, 0.25) is 0 Å².